The Morgan fingerprint density at radius 1 is 1.38 bits per heavy atom. The van der Waals surface area contributed by atoms with Gasteiger partial charge in [0.15, 0.2) is 0 Å². The molecular weight excluding hydrogens is 188 g/mol. The van der Waals surface area contributed by atoms with E-state index in [-0.39, 0.29) is 4.90 Å². The number of pyridine rings is 2. The molecule has 0 N–H and O–H groups in total. The summed E-state index contributed by atoms with van der Waals surface area (Å²) in [6.45, 7) is 0. The molecule has 0 amide bonds. The van der Waals surface area contributed by atoms with Crippen LogP contribution in [0, 0.1) is 0 Å². The van der Waals surface area contributed by atoms with Crippen LogP contribution < -0.4 is 0 Å². The lowest BCUT2D eigenvalue weighted by Gasteiger charge is -2.06. The fourth-order valence-corrected chi connectivity index (χ4v) is 1.61. The Kier molecular flexibility index (Phi) is 2.03. The van der Waals surface area contributed by atoms with E-state index in [1.54, 1.807) is 18.3 Å². The van der Waals surface area contributed by atoms with E-state index in [4.69, 9.17) is 0 Å². The fraction of sp³-hybridized carbons (Fsp3) is 0. The standard InChI is InChI=1S/C8H6N2O2S/c11-13(12)8-5-9-4-7-6(8)2-1-3-10-7/h1-5H,(H,11,12)/p-1. The van der Waals surface area contributed by atoms with Crippen LogP contribution in [0.1, 0.15) is 0 Å². The van der Waals surface area contributed by atoms with Gasteiger partial charge in [0.05, 0.1) is 16.6 Å². The Balaban J connectivity index is 2.83. The second-order valence-electron chi connectivity index (χ2n) is 2.44. The lowest BCUT2D eigenvalue weighted by Crippen LogP contribution is -1.92. The van der Waals surface area contributed by atoms with E-state index in [0.717, 1.165) is 0 Å². The molecule has 66 valence electrons. The van der Waals surface area contributed by atoms with Crippen LogP contribution in [0.2, 0.25) is 0 Å². The molecule has 0 bridgehead atoms. The molecule has 2 aromatic heterocycles. The largest absolute Gasteiger partial charge is 0.768 e. The molecule has 13 heavy (non-hydrogen) atoms. The maximum atomic E-state index is 10.7. The average Bonchev–Trinajstić information content (AvgIpc) is 2.17. The SMILES string of the molecule is O=S([O-])c1cncc2ncccc12. The van der Waals surface area contributed by atoms with Gasteiger partial charge in [0, 0.05) is 17.8 Å². The minimum Gasteiger partial charge on any atom is -0.768 e. The number of fused-ring (bicyclic) bond motifs is 1. The molecule has 0 aliphatic heterocycles. The lowest BCUT2D eigenvalue weighted by atomic mass is 10.3. The van der Waals surface area contributed by atoms with Crippen molar-refractivity contribution in [1.29, 1.82) is 0 Å². The Morgan fingerprint density at radius 2 is 2.23 bits per heavy atom. The third kappa shape index (κ3) is 1.43. The molecular formula is C8H5N2O2S-. The molecule has 2 heterocycles. The van der Waals surface area contributed by atoms with Gasteiger partial charge in [-0.15, -0.1) is 0 Å². The van der Waals surface area contributed by atoms with Crippen LogP contribution in [0.5, 0.6) is 0 Å². The van der Waals surface area contributed by atoms with E-state index in [2.05, 4.69) is 9.97 Å². The average molecular weight is 193 g/mol. The summed E-state index contributed by atoms with van der Waals surface area (Å²) in [6, 6.07) is 3.40. The quantitative estimate of drug-likeness (QED) is 0.630. The molecule has 0 radical (unpaired) electrons. The van der Waals surface area contributed by atoms with Gasteiger partial charge in [-0.05, 0) is 23.2 Å². The summed E-state index contributed by atoms with van der Waals surface area (Å²) < 4.78 is 21.5. The first-order valence-corrected chi connectivity index (χ1v) is 4.64. The van der Waals surface area contributed by atoms with Crippen molar-refractivity contribution >= 4 is 22.0 Å². The summed E-state index contributed by atoms with van der Waals surface area (Å²) in [5.74, 6) is 0. The van der Waals surface area contributed by atoms with Crippen LogP contribution in [0.3, 0.4) is 0 Å². The third-order valence-electron chi connectivity index (χ3n) is 1.67. The smallest absolute Gasteiger partial charge is 0.0896 e. The molecule has 4 nitrogen and oxygen atoms in total. The summed E-state index contributed by atoms with van der Waals surface area (Å²) in [4.78, 5) is 7.95. The minimum absolute atomic E-state index is 0.186. The molecule has 0 aliphatic rings. The summed E-state index contributed by atoms with van der Waals surface area (Å²) in [5.41, 5.74) is 0.587. The summed E-state index contributed by atoms with van der Waals surface area (Å²) in [7, 11) is 0. The first-order chi connectivity index (χ1) is 6.29. The summed E-state index contributed by atoms with van der Waals surface area (Å²) in [6.07, 6.45) is 4.44. The second-order valence-corrected chi connectivity index (χ2v) is 3.35. The predicted molar refractivity (Wildman–Crippen MR) is 46.7 cm³/mol. The van der Waals surface area contributed by atoms with Crippen molar-refractivity contribution in [3.05, 3.63) is 30.7 Å². The molecule has 0 aliphatic carbocycles. The minimum atomic E-state index is -2.26. The van der Waals surface area contributed by atoms with Crippen molar-refractivity contribution in [2.24, 2.45) is 0 Å². The van der Waals surface area contributed by atoms with Crippen LogP contribution in [0.4, 0.5) is 0 Å². The fourth-order valence-electron chi connectivity index (χ4n) is 1.11. The zero-order valence-electron chi connectivity index (χ0n) is 6.51. The normalized spacial score (nSPS) is 13.0. The first-order valence-electron chi connectivity index (χ1n) is 3.57. The van der Waals surface area contributed by atoms with E-state index in [9.17, 15) is 8.76 Å². The Bertz CT molecular complexity index is 467. The molecule has 0 aromatic carbocycles. The van der Waals surface area contributed by atoms with Gasteiger partial charge in [-0.1, -0.05) is 0 Å². The van der Waals surface area contributed by atoms with Crippen LogP contribution in [0.25, 0.3) is 10.9 Å². The van der Waals surface area contributed by atoms with Crippen molar-refractivity contribution in [3.8, 4) is 0 Å². The number of hydrogen-bond acceptors (Lipinski definition) is 4. The molecule has 5 heteroatoms. The number of rotatable bonds is 1. The molecule has 2 rings (SSSR count). The zero-order chi connectivity index (χ0) is 9.26. The Hall–Kier alpha value is -1.33. The maximum Gasteiger partial charge on any atom is 0.0896 e. The van der Waals surface area contributed by atoms with Gasteiger partial charge >= 0.3 is 0 Å². The van der Waals surface area contributed by atoms with Crippen LogP contribution in [-0.2, 0) is 11.1 Å². The predicted octanol–water partition coefficient (Wildman–Crippen LogP) is 0.868. The van der Waals surface area contributed by atoms with Gasteiger partial charge in [0.25, 0.3) is 0 Å². The highest BCUT2D eigenvalue weighted by Gasteiger charge is 2.00. The topological polar surface area (TPSA) is 65.9 Å². The molecule has 0 fully saturated rings. The van der Waals surface area contributed by atoms with Crippen molar-refractivity contribution in [2.75, 3.05) is 0 Å². The van der Waals surface area contributed by atoms with Crippen molar-refractivity contribution in [3.63, 3.8) is 0 Å². The van der Waals surface area contributed by atoms with Gasteiger partial charge in [-0.2, -0.15) is 0 Å². The molecule has 1 unspecified atom stereocenters. The number of aromatic nitrogens is 2. The Morgan fingerprint density at radius 3 is 3.00 bits per heavy atom. The van der Waals surface area contributed by atoms with Gasteiger partial charge in [0.2, 0.25) is 0 Å². The highest BCUT2D eigenvalue weighted by atomic mass is 32.2. The third-order valence-corrected chi connectivity index (χ3v) is 2.36. The maximum absolute atomic E-state index is 10.7. The number of hydrogen-bond donors (Lipinski definition) is 0. The second kappa shape index (κ2) is 3.20. The van der Waals surface area contributed by atoms with Gasteiger partial charge in [0.1, 0.15) is 0 Å². The number of nitrogens with zero attached hydrogens (tertiary/aromatic N) is 2. The molecule has 0 spiro atoms. The van der Waals surface area contributed by atoms with Gasteiger partial charge in [-0.3, -0.25) is 14.2 Å². The zero-order valence-corrected chi connectivity index (χ0v) is 7.32. The molecule has 2 aromatic rings. The van der Waals surface area contributed by atoms with Crippen LogP contribution in [-0.4, -0.2) is 18.7 Å². The highest BCUT2D eigenvalue weighted by Crippen LogP contribution is 2.16. The molecule has 0 saturated heterocycles. The van der Waals surface area contributed by atoms with Crippen molar-refractivity contribution in [2.45, 2.75) is 4.90 Å². The van der Waals surface area contributed by atoms with E-state index in [0.29, 0.717) is 10.9 Å². The van der Waals surface area contributed by atoms with E-state index in [1.807, 2.05) is 0 Å². The van der Waals surface area contributed by atoms with Gasteiger partial charge in [-0.25, -0.2) is 0 Å². The van der Waals surface area contributed by atoms with E-state index < -0.39 is 11.1 Å². The summed E-state index contributed by atoms with van der Waals surface area (Å²) in [5, 5.41) is 0.603. The highest BCUT2D eigenvalue weighted by molar-refractivity contribution is 7.79. The van der Waals surface area contributed by atoms with Crippen LogP contribution >= 0.6 is 0 Å². The van der Waals surface area contributed by atoms with E-state index >= 15 is 0 Å². The molecule has 0 saturated carbocycles. The van der Waals surface area contributed by atoms with E-state index in [1.165, 1.54) is 12.4 Å². The van der Waals surface area contributed by atoms with Crippen molar-refractivity contribution in [1.82, 2.24) is 9.97 Å². The van der Waals surface area contributed by atoms with Crippen molar-refractivity contribution < 1.29 is 8.76 Å². The van der Waals surface area contributed by atoms with Crippen LogP contribution in [0.15, 0.2) is 35.6 Å². The first kappa shape index (κ1) is 8.28. The Labute approximate surface area is 76.9 Å². The summed E-state index contributed by atoms with van der Waals surface area (Å²) >= 11 is -2.26. The lowest BCUT2D eigenvalue weighted by molar-refractivity contribution is 0.537. The van der Waals surface area contributed by atoms with Gasteiger partial charge < -0.3 is 4.55 Å². The molecule has 1 atom stereocenters. The monoisotopic (exact) mass is 193 g/mol.